The Morgan fingerprint density at radius 3 is 2.27 bits per heavy atom. The Morgan fingerprint density at radius 2 is 1.64 bits per heavy atom. The molecule has 0 saturated heterocycles. The summed E-state index contributed by atoms with van der Waals surface area (Å²) in [5.41, 5.74) is 2.55. The van der Waals surface area contributed by atoms with Crippen LogP contribution in [0, 0.1) is 0 Å². The van der Waals surface area contributed by atoms with E-state index in [2.05, 4.69) is 16.0 Å². The first-order chi connectivity index (χ1) is 10.6. The third-order valence-electron chi connectivity index (χ3n) is 2.95. The number of anilines is 3. The van der Waals surface area contributed by atoms with E-state index in [9.17, 15) is 4.79 Å². The van der Waals surface area contributed by atoms with Crippen LogP contribution in [0.2, 0.25) is 0 Å². The molecule has 2 rings (SSSR count). The van der Waals surface area contributed by atoms with Gasteiger partial charge in [0.25, 0.3) is 0 Å². The van der Waals surface area contributed by atoms with E-state index in [0.29, 0.717) is 0 Å². The van der Waals surface area contributed by atoms with Gasteiger partial charge in [-0.15, -0.1) is 0 Å². The fraction of sp³-hybridized carbons (Fsp3) is 0.235. The first-order valence-corrected chi connectivity index (χ1v) is 7.16. The highest BCUT2D eigenvalue weighted by Crippen LogP contribution is 2.27. The van der Waals surface area contributed by atoms with Gasteiger partial charge in [-0.2, -0.15) is 0 Å². The molecule has 5 nitrogen and oxygen atoms in total. The molecule has 3 N–H and O–H groups in total. The molecule has 0 radical (unpaired) electrons. The molecule has 0 aromatic heterocycles. The Kier molecular flexibility index (Phi) is 5.25. The Hall–Kier alpha value is -2.69. The molecule has 0 atom stereocenters. The van der Waals surface area contributed by atoms with Gasteiger partial charge in [0.15, 0.2) is 0 Å². The number of ether oxygens (including phenoxy) is 1. The summed E-state index contributed by atoms with van der Waals surface area (Å²) < 4.78 is 5.30. The zero-order chi connectivity index (χ0) is 15.9. The summed E-state index contributed by atoms with van der Waals surface area (Å²) in [4.78, 5) is 11.6. The average Bonchev–Trinajstić information content (AvgIpc) is 2.49. The lowest BCUT2D eigenvalue weighted by atomic mass is 10.2. The van der Waals surface area contributed by atoms with Crippen molar-refractivity contribution in [2.45, 2.75) is 19.9 Å². The summed E-state index contributed by atoms with van der Waals surface area (Å²) in [6.07, 6.45) is 0. The minimum Gasteiger partial charge on any atom is -0.495 e. The third kappa shape index (κ3) is 4.41. The third-order valence-corrected chi connectivity index (χ3v) is 2.95. The van der Waals surface area contributed by atoms with Gasteiger partial charge in [-0.3, -0.25) is 0 Å². The molecule has 2 aromatic carbocycles. The van der Waals surface area contributed by atoms with Crippen molar-refractivity contribution in [1.82, 2.24) is 5.32 Å². The van der Waals surface area contributed by atoms with Crippen LogP contribution < -0.4 is 20.7 Å². The summed E-state index contributed by atoms with van der Waals surface area (Å²) >= 11 is 0. The Balaban J connectivity index is 2.01. The molecule has 5 heteroatoms. The number of nitrogens with one attached hydrogen (secondary N) is 3. The van der Waals surface area contributed by atoms with Crippen molar-refractivity contribution >= 4 is 23.1 Å². The second kappa shape index (κ2) is 7.36. The number of carbonyl (C=O) groups excluding carboxylic acids is 1. The topological polar surface area (TPSA) is 62.4 Å². The summed E-state index contributed by atoms with van der Waals surface area (Å²) in [6, 6.07) is 15.1. The molecule has 116 valence electrons. The number of carbonyl (C=O) groups is 1. The summed E-state index contributed by atoms with van der Waals surface area (Å²) in [7, 11) is 1.64. The van der Waals surface area contributed by atoms with Crippen LogP contribution in [0.15, 0.2) is 48.5 Å². The van der Waals surface area contributed by atoms with Crippen molar-refractivity contribution in [2.24, 2.45) is 0 Å². The summed E-state index contributed by atoms with van der Waals surface area (Å²) in [5.74, 6) is 0.779. The molecule has 0 unspecified atom stereocenters. The molecule has 0 spiro atoms. The number of urea groups is 1. The van der Waals surface area contributed by atoms with Crippen LogP contribution in [0.4, 0.5) is 21.9 Å². The molecule has 0 saturated carbocycles. The van der Waals surface area contributed by atoms with Gasteiger partial charge < -0.3 is 20.7 Å². The zero-order valence-corrected chi connectivity index (χ0v) is 13.0. The van der Waals surface area contributed by atoms with Crippen molar-refractivity contribution in [3.05, 3.63) is 48.5 Å². The van der Waals surface area contributed by atoms with Crippen molar-refractivity contribution in [3.8, 4) is 5.75 Å². The maximum Gasteiger partial charge on any atom is 0.319 e. The van der Waals surface area contributed by atoms with Crippen LogP contribution in [-0.2, 0) is 0 Å². The van der Waals surface area contributed by atoms with E-state index in [1.54, 1.807) is 7.11 Å². The number of hydrogen-bond donors (Lipinski definition) is 3. The molecule has 0 fully saturated rings. The lowest BCUT2D eigenvalue weighted by molar-refractivity contribution is 0.250. The van der Waals surface area contributed by atoms with Crippen LogP contribution in [0.1, 0.15) is 13.8 Å². The Labute approximate surface area is 130 Å². The van der Waals surface area contributed by atoms with Gasteiger partial charge in [0.05, 0.1) is 12.8 Å². The monoisotopic (exact) mass is 299 g/mol. The molecule has 22 heavy (non-hydrogen) atoms. The highest BCUT2D eigenvalue weighted by Gasteiger charge is 2.04. The minimum absolute atomic E-state index is 0.103. The standard InChI is InChI=1S/C17H21N3O2/c1-12(2)18-17(21)20-14-10-8-13(9-11-14)19-15-6-4-5-7-16(15)22-3/h4-12,19H,1-3H3,(H2,18,20,21). The van der Waals surface area contributed by atoms with Gasteiger partial charge >= 0.3 is 6.03 Å². The summed E-state index contributed by atoms with van der Waals surface area (Å²) in [6.45, 7) is 3.83. The predicted octanol–water partition coefficient (Wildman–Crippen LogP) is 3.97. The van der Waals surface area contributed by atoms with E-state index in [-0.39, 0.29) is 12.1 Å². The second-order valence-corrected chi connectivity index (χ2v) is 5.16. The number of para-hydroxylation sites is 2. The maximum absolute atomic E-state index is 11.6. The van der Waals surface area contributed by atoms with E-state index < -0.39 is 0 Å². The van der Waals surface area contributed by atoms with Gasteiger partial charge in [-0.05, 0) is 50.2 Å². The van der Waals surface area contributed by atoms with Gasteiger partial charge in [0.1, 0.15) is 5.75 Å². The second-order valence-electron chi connectivity index (χ2n) is 5.16. The van der Waals surface area contributed by atoms with Gasteiger partial charge in [0.2, 0.25) is 0 Å². The highest BCUT2D eigenvalue weighted by atomic mass is 16.5. The molecule has 0 heterocycles. The van der Waals surface area contributed by atoms with Crippen LogP contribution in [-0.4, -0.2) is 19.2 Å². The highest BCUT2D eigenvalue weighted by molar-refractivity contribution is 5.89. The van der Waals surface area contributed by atoms with E-state index in [4.69, 9.17) is 4.74 Å². The van der Waals surface area contributed by atoms with Crippen LogP contribution in [0.3, 0.4) is 0 Å². The largest absolute Gasteiger partial charge is 0.495 e. The number of benzene rings is 2. The summed E-state index contributed by atoms with van der Waals surface area (Å²) in [5, 5.41) is 8.85. The minimum atomic E-state index is -0.208. The van der Waals surface area contributed by atoms with E-state index >= 15 is 0 Å². The van der Waals surface area contributed by atoms with Gasteiger partial charge in [0, 0.05) is 17.4 Å². The molecule has 2 amide bonds. The number of methoxy groups -OCH3 is 1. The lowest BCUT2D eigenvalue weighted by Crippen LogP contribution is -2.34. The fourth-order valence-electron chi connectivity index (χ4n) is 1.97. The molecular weight excluding hydrogens is 278 g/mol. The smallest absolute Gasteiger partial charge is 0.319 e. The number of hydrogen-bond acceptors (Lipinski definition) is 3. The maximum atomic E-state index is 11.6. The van der Waals surface area contributed by atoms with Gasteiger partial charge in [-0.1, -0.05) is 12.1 Å². The number of rotatable bonds is 5. The lowest BCUT2D eigenvalue weighted by Gasteiger charge is -2.12. The Morgan fingerprint density at radius 1 is 1.00 bits per heavy atom. The van der Waals surface area contributed by atoms with Crippen molar-refractivity contribution < 1.29 is 9.53 Å². The normalized spacial score (nSPS) is 10.2. The van der Waals surface area contributed by atoms with Crippen molar-refractivity contribution in [2.75, 3.05) is 17.7 Å². The van der Waals surface area contributed by atoms with Crippen molar-refractivity contribution in [3.63, 3.8) is 0 Å². The fourth-order valence-corrected chi connectivity index (χ4v) is 1.97. The quantitative estimate of drug-likeness (QED) is 0.783. The molecule has 0 bridgehead atoms. The van der Waals surface area contributed by atoms with Crippen molar-refractivity contribution in [1.29, 1.82) is 0 Å². The van der Waals surface area contributed by atoms with Gasteiger partial charge in [-0.25, -0.2) is 4.79 Å². The average molecular weight is 299 g/mol. The molecular formula is C17H21N3O2. The Bertz CT molecular complexity index is 624. The van der Waals surface area contributed by atoms with E-state index in [1.807, 2.05) is 62.4 Å². The zero-order valence-electron chi connectivity index (χ0n) is 13.0. The molecule has 0 aliphatic carbocycles. The first-order valence-electron chi connectivity index (χ1n) is 7.16. The molecule has 0 aliphatic rings. The first kappa shape index (κ1) is 15.7. The predicted molar refractivity (Wildman–Crippen MR) is 90.0 cm³/mol. The van der Waals surface area contributed by atoms with Crippen LogP contribution in [0.5, 0.6) is 5.75 Å². The van der Waals surface area contributed by atoms with E-state index in [0.717, 1.165) is 22.8 Å². The van der Waals surface area contributed by atoms with Crippen LogP contribution >= 0.6 is 0 Å². The SMILES string of the molecule is COc1ccccc1Nc1ccc(NC(=O)NC(C)C)cc1. The number of amides is 2. The molecule has 0 aliphatic heterocycles. The molecule has 2 aromatic rings. The van der Waals surface area contributed by atoms with E-state index in [1.165, 1.54) is 0 Å². The van der Waals surface area contributed by atoms with Crippen LogP contribution in [0.25, 0.3) is 0 Å².